The molecule has 27 heavy (non-hydrogen) atoms. The van der Waals surface area contributed by atoms with Crippen molar-refractivity contribution in [3.63, 3.8) is 0 Å². The number of aryl methyl sites for hydroxylation is 2. The lowest BCUT2D eigenvalue weighted by Gasteiger charge is -2.09. The van der Waals surface area contributed by atoms with Crippen LogP contribution in [0.5, 0.6) is 0 Å². The van der Waals surface area contributed by atoms with E-state index in [9.17, 15) is 4.79 Å². The van der Waals surface area contributed by atoms with Gasteiger partial charge in [0.05, 0.1) is 16.8 Å². The summed E-state index contributed by atoms with van der Waals surface area (Å²) in [5.74, 6) is 1.14. The van der Waals surface area contributed by atoms with Crippen LogP contribution in [0.4, 0.5) is 5.82 Å². The van der Waals surface area contributed by atoms with Gasteiger partial charge < -0.3 is 9.84 Å². The Balaban J connectivity index is 1.60. The van der Waals surface area contributed by atoms with Crippen molar-refractivity contribution in [2.24, 2.45) is 0 Å². The molecule has 2 heterocycles. The lowest BCUT2D eigenvalue weighted by Crippen LogP contribution is -2.14. The van der Waals surface area contributed by atoms with Crippen molar-refractivity contribution in [2.45, 2.75) is 19.0 Å². The number of rotatable bonds is 5. The fourth-order valence-electron chi connectivity index (χ4n) is 2.78. The molecule has 136 valence electrons. The highest BCUT2D eigenvalue weighted by atomic mass is 32.2. The number of hydrogen-bond donors (Lipinski definition) is 1. The molecular weight excluding hydrogens is 360 g/mol. The van der Waals surface area contributed by atoms with Gasteiger partial charge >= 0.3 is 0 Å². The minimum Gasteiger partial charge on any atom is -0.360 e. The number of thioether (sulfide) groups is 1. The Morgan fingerprint density at radius 1 is 1.15 bits per heavy atom. The maximum atomic E-state index is 12.3. The average molecular weight is 378 g/mol. The molecule has 2 aromatic carbocycles. The van der Waals surface area contributed by atoms with E-state index in [4.69, 9.17) is 9.51 Å². The zero-order valence-electron chi connectivity index (χ0n) is 15.0. The van der Waals surface area contributed by atoms with E-state index >= 15 is 0 Å². The van der Waals surface area contributed by atoms with Crippen LogP contribution in [-0.2, 0) is 4.79 Å². The van der Waals surface area contributed by atoms with E-state index in [0.29, 0.717) is 11.6 Å². The van der Waals surface area contributed by atoms with E-state index in [1.807, 2.05) is 24.3 Å². The first-order valence-corrected chi connectivity index (χ1v) is 9.49. The van der Waals surface area contributed by atoms with E-state index in [0.717, 1.165) is 21.9 Å². The molecule has 0 atom stereocenters. The quantitative estimate of drug-likeness (QED) is 0.522. The fourth-order valence-corrected chi connectivity index (χ4v) is 3.61. The molecule has 0 aliphatic heterocycles. The fraction of sp³-hybridized carbons (Fsp3) is 0.150. The summed E-state index contributed by atoms with van der Waals surface area (Å²) in [5.41, 5.74) is 4.12. The van der Waals surface area contributed by atoms with Gasteiger partial charge in [0.25, 0.3) is 0 Å². The van der Waals surface area contributed by atoms with Gasteiger partial charge in [0, 0.05) is 11.8 Å². The molecule has 1 amide bonds. The lowest BCUT2D eigenvalue weighted by molar-refractivity contribution is -0.113. The zero-order valence-corrected chi connectivity index (χ0v) is 15.8. The highest BCUT2D eigenvalue weighted by Crippen LogP contribution is 2.28. The molecular formula is C20H18N4O2S. The molecule has 4 rings (SSSR count). The number of nitrogens with one attached hydrogen (secondary N) is 1. The molecule has 0 fully saturated rings. The van der Waals surface area contributed by atoms with Crippen LogP contribution in [0.25, 0.3) is 16.7 Å². The number of aromatic nitrogens is 3. The number of benzene rings is 2. The van der Waals surface area contributed by atoms with Gasteiger partial charge in [0.1, 0.15) is 5.76 Å². The Bertz CT molecular complexity index is 1100. The summed E-state index contributed by atoms with van der Waals surface area (Å²) in [5, 5.41) is 7.28. The van der Waals surface area contributed by atoms with Crippen LogP contribution >= 0.6 is 11.8 Å². The van der Waals surface area contributed by atoms with Crippen molar-refractivity contribution in [3.8, 4) is 5.69 Å². The number of fused-ring (bicyclic) bond motifs is 1. The summed E-state index contributed by atoms with van der Waals surface area (Å²) in [6.07, 6.45) is 0. The molecule has 0 spiro atoms. The SMILES string of the molecule is Cc1ccc(-n2c(SCC(=O)Nc3cc(C)on3)nc3ccccc32)cc1. The Labute approximate surface area is 160 Å². The summed E-state index contributed by atoms with van der Waals surface area (Å²) >= 11 is 1.39. The minimum absolute atomic E-state index is 0.157. The largest absolute Gasteiger partial charge is 0.360 e. The first kappa shape index (κ1) is 17.4. The number of carbonyl (C=O) groups is 1. The van der Waals surface area contributed by atoms with Gasteiger partial charge in [-0.1, -0.05) is 46.7 Å². The van der Waals surface area contributed by atoms with Crippen LogP contribution in [0.1, 0.15) is 11.3 Å². The van der Waals surface area contributed by atoms with Gasteiger partial charge in [0.15, 0.2) is 11.0 Å². The number of para-hydroxylation sites is 2. The second-order valence-corrected chi connectivity index (χ2v) is 7.16. The predicted molar refractivity (Wildman–Crippen MR) is 106 cm³/mol. The summed E-state index contributed by atoms with van der Waals surface area (Å²) in [6, 6.07) is 17.9. The van der Waals surface area contributed by atoms with Gasteiger partial charge in [-0.25, -0.2) is 4.98 Å². The number of anilines is 1. The molecule has 7 heteroatoms. The maximum Gasteiger partial charge on any atom is 0.236 e. The monoisotopic (exact) mass is 378 g/mol. The molecule has 0 aliphatic rings. The van der Waals surface area contributed by atoms with Crippen LogP contribution in [0, 0.1) is 13.8 Å². The van der Waals surface area contributed by atoms with Crippen molar-refractivity contribution >= 4 is 34.5 Å². The number of hydrogen-bond acceptors (Lipinski definition) is 5. The Kier molecular flexibility index (Phi) is 4.68. The van der Waals surface area contributed by atoms with Gasteiger partial charge in [-0.2, -0.15) is 0 Å². The number of carbonyl (C=O) groups excluding carboxylic acids is 1. The molecule has 6 nitrogen and oxygen atoms in total. The molecule has 0 radical (unpaired) electrons. The van der Waals surface area contributed by atoms with Crippen LogP contribution in [0.15, 0.2) is 64.3 Å². The first-order chi connectivity index (χ1) is 13.1. The minimum atomic E-state index is -0.157. The molecule has 0 bridgehead atoms. The number of imidazole rings is 1. The van der Waals surface area contributed by atoms with E-state index in [1.54, 1.807) is 13.0 Å². The lowest BCUT2D eigenvalue weighted by atomic mass is 10.2. The van der Waals surface area contributed by atoms with Crippen molar-refractivity contribution in [1.82, 2.24) is 14.7 Å². The van der Waals surface area contributed by atoms with Crippen LogP contribution in [-0.4, -0.2) is 26.4 Å². The Hall–Kier alpha value is -3.06. The standard InChI is InChI=1S/C20H18N4O2S/c1-13-7-9-15(10-8-13)24-17-6-4-3-5-16(17)21-20(24)27-12-19(25)22-18-11-14(2)26-23-18/h3-11H,12H2,1-2H3,(H,22,23,25). The Morgan fingerprint density at radius 3 is 2.67 bits per heavy atom. The van der Waals surface area contributed by atoms with E-state index in [1.165, 1.54) is 17.3 Å². The van der Waals surface area contributed by atoms with E-state index in [-0.39, 0.29) is 11.7 Å². The molecule has 2 aromatic heterocycles. The van der Waals surface area contributed by atoms with Gasteiger partial charge in [-0.15, -0.1) is 0 Å². The van der Waals surface area contributed by atoms with Gasteiger partial charge in [-0.05, 0) is 38.1 Å². The predicted octanol–water partition coefficient (Wildman–Crippen LogP) is 4.36. The molecule has 4 aromatic rings. The third-order valence-corrected chi connectivity index (χ3v) is 4.99. The summed E-state index contributed by atoms with van der Waals surface area (Å²) in [4.78, 5) is 17.0. The van der Waals surface area contributed by atoms with Gasteiger partial charge in [0.2, 0.25) is 5.91 Å². The van der Waals surface area contributed by atoms with E-state index in [2.05, 4.69) is 46.2 Å². The normalized spacial score (nSPS) is 11.0. The van der Waals surface area contributed by atoms with Crippen molar-refractivity contribution in [3.05, 3.63) is 65.9 Å². The molecule has 0 saturated heterocycles. The first-order valence-electron chi connectivity index (χ1n) is 8.50. The third kappa shape index (κ3) is 3.73. The van der Waals surface area contributed by atoms with Crippen molar-refractivity contribution in [2.75, 3.05) is 11.1 Å². The topological polar surface area (TPSA) is 73.0 Å². The van der Waals surface area contributed by atoms with Gasteiger partial charge in [-0.3, -0.25) is 9.36 Å². The highest BCUT2D eigenvalue weighted by Gasteiger charge is 2.15. The molecule has 0 aliphatic carbocycles. The maximum absolute atomic E-state index is 12.3. The van der Waals surface area contributed by atoms with Crippen LogP contribution in [0.2, 0.25) is 0 Å². The van der Waals surface area contributed by atoms with Crippen molar-refractivity contribution < 1.29 is 9.32 Å². The second-order valence-electron chi connectivity index (χ2n) is 6.21. The van der Waals surface area contributed by atoms with Crippen LogP contribution in [0.3, 0.4) is 0 Å². The van der Waals surface area contributed by atoms with Crippen molar-refractivity contribution in [1.29, 1.82) is 0 Å². The summed E-state index contributed by atoms with van der Waals surface area (Å²) < 4.78 is 7.04. The average Bonchev–Trinajstić information content (AvgIpc) is 3.24. The number of amides is 1. The third-order valence-electron chi connectivity index (χ3n) is 4.05. The summed E-state index contributed by atoms with van der Waals surface area (Å²) in [6.45, 7) is 3.84. The highest BCUT2D eigenvalue weighted by molar-refractivity contribution is 7.99. The number of nitrogens with zero attached hydrogens (tertiary/aromatic N) is 3. The second kappa shape index (κ2) is 7.28. The van der Waals surface area contributed by atoms with Crippen LogP contribution < -0.4 is 5.32 Å². The van der Waals surface area contributed by atoms with E-state index < -0.39 is 0 Å². The molecule has 0 unspecified atom stereocenters. The smallest absolute Gasteiger partial charge is 0.236 e. The zero-order chi connectivity index (χ0) is 18.8. The molecule has 0 saturated carbocycles. The Morgan fingerprint density at radius 2 is 1.93 bits per heavy atom. The summed E-state index contributed by atoms with van der Waals surface area (Å²) in [7, 11) is 0. The molecule has 1 N–H and O–H groups in total.